The van der Waals surface area contributed by atoms with Gasteiger partial charge in [0.05, 0.1) is 11.4 Å². The summed E-state index contributed by atoms with van der Waals surface area (Å²) >= 11 is 3.05. The Morgan fingerprint density at radius 2 is 2.22 bits per heavy atom. The Kier molecular flexibility index (Phi) is 4.99. The molecule has 2 aromatic rings. The van der Waals surface area contributed by atoms with Gasteiger partial charge in [-0.15, -0.1) is 11.3 Å². The number of carbonyl (C=O) groups excluding carboxylic acids is 1. The quantitative estimate of drug-likeness (QED) is 0.859. The van der Waals surface area contributed by atoms with Gasteiger partial charge >= 0.3 is 0 Å². The molecule has 1 N–H and O–H groups in total. The van der Waals surface area contributed by atoms with Crippen LogP contribution in [0.15, 0.2) is 34.1 Å². The number of rotatable bonds is 4. The standard InChI is InChI=1S/C16H19N3O2S2/c1-12-10-22-15(18-12)23-11-14(20)19-8-5-16(21,6-9-19)13-4-2-3-7-17-13/h2-4,7,10,21H,5-6,8-9,11H2,1H3. The zero-order chi connectivity index (χ0) is 16.3. The van der Waals surface area contributed by atoms with E-state index < -0.39 is 5.60 Å². The number of carbonyl (C=O) groups is 1. The summed E-state index contributed by atoms with van der Waals surface area (Å²) in [5.41, 5.74) is 0.764. The Bertz CT molecular complexity index is 667. The summed E-state index contributed by atoms with van der Waals surface area (Å²) in [5, 5.41) is 12.7. The molecule has 0 saturated carbocycles. The van der Waals surface area contributed by atoms with Gasteiger partial charge in [0.2, 0.25) is 5.91 Å². The third-order valence-electron chi connectivity index (χ3n) is 4.00. The fraction of sp³-hybridized carbons (Fsp3) is 0.438. The molecule has 1 saturated heterocycles. The molecule has 1 aliphatic heterocycles. The molecule has 0 unspecified atom stereocenters. The molecule has 0 bridgehead atoms. The minimum Gasteiger partial charge on any atom is -0.383 e. The number of aliphatic hydroxyl groups is 1. The summed E-state index contributed by atoms with van der Waals surface area (Å²) in [7, 11) is 0. The van der Waals surface area contributed by atoms with Gasteiger partial charge in [-0.2, -0.15) is 0 Å². The molecule has 0 atom stereocenters. The van der Waals surface area contributed by atoms with Crippen LogP contribution in [0.3, 0.4) is 0 Å². The van der Waals surface area contributed by atoms with E-state index >= 15 is 0 Å². The molecule has 1 aliphatic rings. The summed E-state index contributed by atoms with van der Waals surface area (Å²) in [4.78, 5) is 22.7. The number of piperidine rings is 1. The molecule has 0 aromatic carbocycles. The van der Waals surface area contributed by atoms with E-state index in [2.05, 4.69) is 9.97 Å². The van der Waals surface area contributed by atoms with E-state index in [4.69, 9.17) is 0 Å². The number of thiazole rings is 1. The first kappa shape index (κ1) is 16.4. The molecule has 1 amide bonds. The number of thioether (sulfide) groups is 1. The van der Waals surface area contributed by atoms with Crippen molar-refractivity contribution in [3.05, 3.63) is 41.2 Å². The van der Waals surface area contributed by atoms with Crippen LogP contribution in [0.1, 0.15) is 24.2 Å². The van der Waals surface area contributed by atoms with Gasteiger partial charge in [-0.3, -0.25) is 9.78 Å². The van der Waals surface area contributed by atoms with Crippen molar-refractivity contribution in [2.45, 2.75) is 29.7 Å². The molecule has 7 heteroatoms. The van der Waals surface area contributed by atoms with Crippen LogP contribution in [0.5, 0.6) is 0 Å². The van der Waals surface area contributed by atoms with Crippen molar-refractivity contribution in [2.24, 2.45) is 0 Å². The first-order chi connectivity index (χ1) is 11.1. The Morgan fingerprint density at radius 1 is 1.43 bits per heavy atom. The Labute approximate surface area is 143 Å². The van der Waals surface area contributed by atoms with Crippen LogP contribution >= 0.6 is 23.1 Å². The average molecular weight is 349 g/mol. The highest BCUT2D eigenvalue weighted by Gasteiger charge is 2.36. The SMILES string of the molecule is Cc1csc(SCC(=O)N2CCC(O)(c3ccccn3)CC2)n1. The van der Waals surface area contributed by atoms with E-state index in [1.807, 2.05) is 35.4 Å². The second-order valence-corrected chi connectivity index (χ2v) is 7.75. The third kappa shape index (κ3) is 3.91. The third-order valence-corrected chi connectivity index (χ3v) is 6.13. The lowest BCUT2D eigenvalue weighted by Gasteiger charge is -2.37. The lowest BCUT2D eigenvalue weighted by Crippen LogP contribution is -2.46. The average Bonchev–Trinajstić information content (AvgIpc) is 3.00. The van der Waals surface area contributed by atoms with Crippen LogP contribution in [-0.2, 0) is 10.4 Å². The van der Waals surface area contributed by atoms with E-state index in [0.717, 1.165) is 10.0 Å². The van der Waals surface area contributed by atoms with Crippen LogP contribution < -0.4 is 0 Å². The summed E-state index contributed by atoms with van der Waals surface area (Å²) in [6.07, 6.45) is 2.74. The lowest BCUT2D eigenvalue weighted by atomic mass is 9.88. The van der Waals surface area contributed by atoms with Gasteiger partial charge in [-0.05, 0) is 31.9 Å². The molecule has 0 spiro atoms. The van der Waals surface area contributed by atoms with Crippen molar-refractivity contribution in [3.63, 3.8) is 0 Å². The second kappa shape index (κ2) is 6.98. The normalized spacial score (nSPS) is 17.2. The first-order valence-electron chi connectivity index (χ1n) is 7.53. The van der Waals surface area contributed by atoms with Crippen molar-refractivity contribution >= 4 is 29.0 Å². The number of likely N-dealkylation sites (tertiary alicyclic amines) is 1. The smallest absolute Gasteiger partial charge is 0.233 e. The number of hydrogen-bond acceptors (Lipinski definition) is 6. The molecular formula is C16H19N3O2S2. The second-order valence-electron chi connectivity index (χ2n) is 5.67. The molecule has 3 heterocycles. The van der Waals surface area contributed by atoms with E-state index in [1.165, 1.54) is 11.8 Å². The highest BCUT2D eigenvalue weighted by Crippen LogP contribution is 2.32. The van der Waals surface area contributed by atoms with Crippen molar-refractivity contribution in [1.82, 2.24) is 14.9 Å². The highest BCUT2D eigenvalue weighted by molar-refractivity contribution is 8.01. The van der Waals surface area contributed by atoms with E-state index in [0.29, 0.717) is 37.4 Å². The van der Waals surface area contributed by atoms with Crippen LogP contribution in [0, 0.1) is 6.92 Å². The van der Waals surface area contributed by atoms with Crippen molar-refractivity contribution in [3.8, 4) is 0 Å². The largest absolute Gasteiger partial charge is 0.383 e. The van der Waals surface area contributed by atoms with Gasteiger partial charge in [-0.1, -0.05) is 17.8 Å². The van der Waals surface area contributed by atoms with Gasteiger partial charge in [0, 0.05) is 30.4 Å². The summed E-state index contributed by atoms with van der Waals surface area (Å²) in [6.45, 7) is 3.07. The summed E-state index contributed by atoms with van der Waals surface area (Å²) < 4.78 is 0.929. The molecule has 3 rings (SSSR count). The van der Waals surface area contributed by atoms with Crippen LogP contribution in [-0.4, -0.2) is 44.7 Å². The fourth-order valence-electron chi connectivity index (χ4n) is 2.63. The van der Waals surface area contributed by atoms with Crippen molar-refractivity contribution < 1.29 is 9.90 Å². The molecule has 0 radical (unpaired) electrons. The van der Waals surface area contributed by atoms with Crippen molar-refractivity contribution in [1.29, 1.82) is 0 Å². The predicted molar refractivity (Wildman–Crippen MR) is 91.5 cm³/mol. The Balaban J connectivity index is 1.53. The number of hydrogen-bond donors (Lipinski definition) is 1. The zero-order valence-electron chi connectivity index (χ0n) is 12.9. The number of aromatic nitrogens is 2. The molecular weight excluding hydrogens is 330 g/mol. The Morgan fingerprint density at radius 3 is 2.83 bits per heavy atom. The number of nitrogens with zero attached hydrogens (tertiary/aromatic N) is 3. The number of pyridine rings is 1. The molecule has 2 aromatic heterocycles. The maximum atomic E-state index is 12.3. The molecule has 1 fully saturated rings. The van der Waals surface area contributed by atoms with Crippen molar-refractivity contribution in [2.75, 3.05) is 18.8 Å². The van der Waals surface area contributed by atoms with Gasteiger partial charge in [0.15, 0.2) is 4.34 Å². The lowest BCUT2D eigenvalue weighted by molar-refractivity contribution is -0.133. The zero-order valence-corrected chi connectivity index (χ0v) is 14.6. The molecule has 0 aliphatic carbocycles. The fourth-order valence-corrected chi connectivity index (χ4v) is 4.39. The first-order valence-corrected chi connectivity index (χ1v) is 9.40. The molecule has 5 nitrogen and oxygen atoms in total. The van der Waals surface area contributed by atoms with Crippen LogP contribution in [0.25, 0.3) is 0 Å². The summed E-state index contributed by atoms with van der Waals surface area (Å²) in [5.74, 6) is 0.500. The maximum Gasteiger partial charge on any atom is 0.233 e. The van der Waals surface area contributed by atoms with Gasteiger partial charge in [-0.25, -0.2) is 4.98 Å². The van der Waals surface area contributed by atoms with Gasteiger partial charge in [0.25, 0.3) is 0 Å². The van der Waals surface area contributed by atoms with Gasteiger partial charge in [0.1, 0.15) is 5.60 Å². The Hall–Kier alpha value is -1.44. The molecule has 122 valence electrons. The minimum absolute atomic E-state index is 0.103. The number of aryl methyl sites for hydroxylation is 1. The monoisotopic (exact) mass is 349 g/mol. The van der Waals surface area contributed by atoms with Gasteiger partial charge < -0.3 is 10.0 Å². The predicted octanol–water partition coefficient (Wildman–Crippen LogP) is 2.45. The van der Waals surface area contributed by atoms with E-state index in [-0.39, 0.29) is 5.91 Å². The number of amides is 1. The molecule has 23 heavy (non-hydrogen) atoms. The highest BCUT2D eigenvalue weighted by atomic mass is 32.2. The van der Waals surface area contributed by atoms with Crippen LogP contribution in [0.2, 0.25) is 0 Å². The van der Waals surface area contributed by atoms with E-state index in [9.17, 15) is 9.90 Å². The topological polar surface area (TPSA) is 66.3 Å². The summed E-state index contributed by atoms with van der Waals surface area (Å²) in [6, 6.07) is 5.56. The minimum atomic E-state index is -0.919. The maximum absolute atomic E-state index is 12.3. The van der Waals surface area contributed by atoms with Crippen LogP contribution in [0.4, 0.5) is 0 Å². The van der Waals surface area contributed by atoms with E-state index in [1.54, 1.807) is 17.5 Å².